The van der Waals surface area contributed by atoms with E-state index in [1.165, 1.54) is 5.28 Å². The molecule has 0 aliphatic rings. The summed E-state index contributed by atoms with van der Waals surface area (Å²) in [7, 11) is 0. The highest BCUT2D eigenvalue weighted by atomic mass is 27.0. The quantitative estimate of drug-likeness (QED) is 0.297. The molecule has 0 saturated carbocycles. The van der Waals surface area contributed by atoms with Crippen LogP contribution in [0.25, 0.3) is 0 Å². The van der Waals surface area contributed by atoms with Gasteiger partial charge in [-0.25, -0.2) is 0 Å². The Labute approximate surface area is 246 Å². The molecule has 0 amide bonds. The van der Waals surface area contributed by atoms with Crippen LogP contribution in [-0.2, 0) is 21.7 Å². The fourth-order valence-corrected chi connectivity index (χ4v) is 3.84. The van der Waals surface area contributed by atoms with Gasteiger partial charge in [0, 0.05) is 47.1 Å². The first-order valence-electron chi connectivity index (χ1n) is 13.8. The molecule has 0 atom stereocenters. The molecular weight excluding hydrogens is 495 g/mol. The van der Waals surface area contributed by atoms with Gasteiger partial charge in [0.05, 0.1) is 0 Å². The van der Waals surface area contributed by atoms with E-state index in [1.807, 2.05) is 12.1 Å². The minimum absolute atomic E-state index is 0.0497. The average Bonchev–Trinajstić information content (AvgIpc) is 2.75. The Morgan fingerprint density at radius 1 is 0.590 bits per heavy atom. The van der Waals surface area contributed by atoms with E-state index < -0.39 is 0 Å². The molecule has 4 nitrogen and oxygen atoms in total. The van der Waals surface area contributed by atoms with Crippen LogP contribution in [0, 0.1) is 0 Å². The lowest BCUT2D eigenvalue weighted by Gasteiger charge is -2.27. The van der Waals surface area contributed by atoms with Crippen molar-refractivity contribution in [1.29, 1.82) is 0 Å². The normalized spacial score (nSPS) is 13.4. The first-order chi connectivity index (χ1) is 17.6. The fourth-order valence-electron chi connectivity index (χ4n) is 3.84. The molecular formula is C34H51AlN2O2. The van der Waals surface area contributed by atoms with Crippen LogP contribution in [0.3, 0.4) is 0 Å². The molecule has 212 valence electrons. The van der Waals surface area contributed by atoms with Gasteiger partial charge in [-0.2, -0.15) is 0 Å². The maximum atomic E-state index is 10.9. The van der Waals surface area contributed by atoms with E-state index in [-0.39, 0.29) is 33.2 Å². The molecule has 0 aliphatic carbocycles. The van der Waals surface area contributed by atoms with E-state index in [4.69, 9.17) is 0 Å². The topological polar surface area (TPSA) is 65.2 Å². The number of aromatic hydroxyl groups is 2. The van der Waals surface area contributed by atoms with Gasteiger partial charge in [0.15, 0.2) is 0 Å². The molecule has 0 spiro atoms. The third-order valence-corrected chi connectivity index (χ3v) is 6.29. The van der Waals surface area contributed by atoms with E-state index in [0.29, 0.717) is 11.1 Å². The van der Waals surface area contributed by atoms with Crippen LogP contribution in [0.5, 0.6) is 11.5 Å². The molecule has 0 unspecified atom stereocenters. The molecule has 0 aliphatic heterocycles. The van der Waals surface area contributed by atoms with Gasteiger partial charge in [0.25, 0.3) is 0 Å². The maximum absolute atomic E-state index is 10.9. The third-order valence-electron chi connectivity index (χ3n) is 6.29. The summed E-state index contributed by atoms with van der Waals surface area (Å²) in [5.74, 6) is 0.518. The zero-order chi connectivity index (χ0) is 30.4. The predicted octanol–water partition coefficient (Wildman–Crippen LogP) is 8.89. The molecule has 2 aromatic rings. The van der Waals surface area contributed by atoms with Crippen LogP contribution in [0.4, 0.5) is 0 Å². The lowest BCUT2D eigenvalue weighted by molar-refractivity contribution is 0.443. The van der Waals surface area contributed by atoms with Crippen molar-refractivity contribution >= 4 is 28.7 Å². The minimum Gasteiger partial charge on any atom is -0.507 e. The summed E-state index contributed by atoms with van der Waals surface area (Å²) < 4.78 is 0. The smallest absolute Gasteiger partial charge is 0.128 e. The number of aliphatic imine (C=N–C) groups is 2. The molecule has 2 rings (SSSR count). The lowest BCUT2D eigenvalue weighted by atomic mass is 9.79. The molecule has 39 heavy (non-hydrogen) atoms. The largest absolute Gasteiger partial charge is 0.507 e. The van der Waals surface area contributed by atoms with Gasteiger partial charge in [0.1, 0.15) is 27.8 Å². The van der Waals surface area contributed by atoms with E-state index in [1.54, 1.807) is 24.8 Å². The number of benzene rings is 2. The number of rotatable bonds is 4. The van der Waals surface area contributed by atoms with Crippen molar-refractivity contribution in [3.05, 3.63) is 70.0 Å². The molecule has 0 aromatic heterocycles. The molecule has 0 saturated heterocycles. The summed E-state index contributed by atoms with van der Waals surface area (Å²) >= 11 is 2.58. The number of phenols is 2. The lowest BCUT2D eigenvalue weighted by Crippen LogP contribution is -2.17. The summed E-state index contributed by atoms with van der Waals surface area (Å²) in [6, 6.07) is 8.18. The highest BCUT2D eigenvalue weighted by Crippen LogP contribution is 2.38. The Hall–Kier alpha value is -2.35. The van der Waals surface area contributed by atoms with E-state index in [0.717, 1.165) is 22.3 Å². The van der Waals surface area contributed by atoms with Crippen molar-refractivity contribution in [3.63, 3.8) is 0 Å². The van der Waals surface area contributed by atoms with E-state index in [9.17, 15) is 10.2 Å². The summed E-state index contributed by atoms with van der Waals surface area (Å²) in [5.41, 5.74) is 5.00. The average molecular weight is 547 g/mol. The van der Waals surface area contributed by atoms with E-state index >= 15 is 0 Å². The Balaban J connectivity index is 0.00000242. The predicted molar refractivity (Wildman–Crippen MR) is 172 cm³/mol. The van der Waals surface area contributed by atoms with Gasteiger partial charge >= 0.3 is 0 Å². The summed E-state index contributed by atoms with van der Waals surface area (Å²) in [4.78, 5) is 8.75. The monoisotopic (exact) mass is 546 g/mol. The van der Waals surface area contributed by atoms with Crippen LogP contribution >= 0.6 is 0 Å². The van der Waals surface area contributed by atoms with Crippen LogP contribution in [-0.4, -0.2) is 38.9 Å². The second-order valence-electron chi connectivity index (χ2n) is 14.2. The zero-order valence-corrected chi connectivity index (χ0v) is 27.8. The van der Waals surface area contributed by atoms with Crippen molar-refractivity contribution in [3.8, 4) is 11.5 Å². The first kappa shape index (κ1) is 34.7. The summed E-state index contributed by atoms with van der Waals surface area (Å²) in [6.07, 6.45) is 6.51. The second-order valence-corrected chi connectivity index (χ2v) is 15.0. The SMILES string of the molecule is CC(C)(C)c1cc(C=NC=CN=Cc2cc(C(C)(C)C)cc(C(C)(C)C)c2O)c(O)c(C(C)(C)C)c1.C[CH2][Al]. The molecule has 5 heteroatoms. The second kappa shape index (κ2) is 13.3. The van der Waals surface area contributed by atoms with Crippen LogP contribution in [0.15, 0.2) is 46.7 Å². The highest BCUT2D eigenvalue weighted by Gasteiger charge is 2.25. The minimum atomic E-state index is -0.191. The Morgan fingerprint density at radius 2 is 0.872 bits per heavy atom. The standard InChI is InChI=1S/C32H46N2O2.C2H5.Al/c1-29(2,3)23-15-21(27(35)25(17-23)31(7,8)9)19-33-13-14-34-20-22-16-24(30(4,5)6)18-26(28(22)36)32(10,11)12;1-2;/h13-20,35-36H,1-12H3;1H2,2H3;. The summed E-state index contributed by atoms with van der Waals surface area (Å²) in [5, 5.41) is 23.0. The van der Waals surface area contributed by atoms with Gasteiger partial charge < -0.3 is 10.2 Å². The van der Waals surface area contributed by atoms with Crippen LogP contribution in [0.2, 0.25) is 5.28 Å². The van der Waals surface area contributed by atoms with Crippen LogP contribution < -0.4 is 0 Å². The number of hydrogen-bond acceptors (Lipinski definition) is 4. The van der Waals surface area contributed by atoms with Crippen LogP contribution in [0.1, 0.15) is 123 Å². The zero-order valence-electron chi connectivity index (χ0n) is 26.7. The Morgan fingerprint density at radius 3 is 1.10 bits per heavy atom. The highest BCUT2D eigenvalue weighted by molar-refractivity contribution is 6.08. The molecule has 0 fully saturated rings. The molecule has 0 bridgehead atoms. The fraction of sp³-hybridized carbons (Fsp3) is 0.529. The van der Waals surface area contributed by atoms with Gasteiger partial charge in [-0.1, -0.05) is 102 Å². The van der Waals surface area contributed by atoms with Crippen molar-refractivity contribution in [2.45, 2.75) is 117 Å². The van der Waals surface area contributed by atoms with Gasteiger partial charge in [-0.05, 0) is 44.9 Å². The van der Waals surface area contributed by atoms with Crippen molar-refractivity contribution < 1.29 is 10.2 Å². The number of hydrogen-bond donors (Lipinski definition) is 2. The molecule has 2 N–H and O–H groups in total. The van der Waals surface area contributed by atoms with Crippen molar-refractivity contribution in [2.75, 3.05) is 0 Å². The van der Waals surface area contributed by atoms with Gasteiger partial charge in [0.2, 0.25) is 0 Å². The molecule has 2 radical (unpaired) electrons. The van der Waals surface area contributed by atoms with Gasteiger partial charge in [-0.15, -0.1) is 5.28 Å². The summed E-state index contributed by atoms with van der Waals surface area (Å²) in [6.45, 7) is 27.6. The number of nitrogens with zero attached hydrogens (tertiary/aromatic N) is 2. The van der Waals surface area contributed by atoms with E-state index in [2.05, 4.69) is 128 Å². The van der Waals surface area contributed by atoms with Crippen molar-refractivity contribution in [1.82, 2.24) is 0 Å². The number of phenolic OH excluding ortho intramolecular Hbond substituents is 2. The first-order valence-corrected chi connectivity index (χ1v) is 14.6. The maximum Gasteiger partial charge on any atom is 0.128 e. The Kier molecular flexibility index (Phi) is 11.9. The van der Waals surface area contributed by atoms with Gasteiger partial charge in [-0.3, -0.25) is 9.98 Å². The van der Waals surface area contributed by atoms with Crippen molar-refractivity contribution in [2.24, 2.45) is 9.98 Å². The Bertz CT molecular complexity index is 1100. The third kappa shape index (κ3) is 10.3. The molecule has 2 aromatic carbocycles. The molecule has 0 heterocycles.